The van der Waals surface area contributed by atoms with Gasteiger partial charge in [0.15, 0.2) is 0 Å². The lowest BCUT2D eigenvalue weighted by molar-refractivity contribution is -0.111. The first kappa shape index (κ1) is 24.3. The van der Waals surface area contributed by atoms with Gasteiger partial charge in [0.2, 0.25) is 5.91 Å². The molecule has 3 aromatic carbocycles. The second-order valence-electron chi connectivity index (χ2n) is 8.90. The van der Waals surface area contributed by atoms with Crippen molar-refractivity contribution in [2.45, 2.75) is 12.5 Å². The van der Waals surface area contributed by atoms with E-state index in [2.05, 4.69) is 32.1 Å². The van der Waals surface area contributed by atoms with Gasteiger partial charge in [-0.2, -0.15) is 0 Å². The van der Waals surface area contributed by atoms with E-state index < -0.39 is 11.6 Å². The summed E-state index contributed by atoms with van der Waals surface area (Å²) < 4.78 is 34.0. The topological polar surface area (TPSA) is 79.4 Å². The molecule has 0 bridgehead atoms. The van der Waals surface area contributed by atoms with E-state index in [1.165, 1.54) is 24.5 Å². The molecule has 1 aromatic heterocycles. The molecule has 1 unspecified atom stereocenters. The predicted octanol–water partition coefficient (Wildman–Crippen LogP) is 5.53. The quantitative estimate of drug-likeness (QED) is 0.325. The van der Waals surface area contributed by atoms with Crippen molar-refractivity contribution in [3.05, 3.63) is 85.2 Å². The van der Waals surface area contributed by atoms with Crippen molar-refractivity contribution in [2.24, 2.45) is 0 Å². The third kappa shape index (κ3) is 5.41. The van der Waals surface area contributed by atoms with Crippen molar-refractivity contribution in [2.75, 3.05) is 30.8 Å². The van der Waals surface area contributed by atoms with Gasteiger partial charge >= 0.3 is 0 Å². The summed E-state index contributed by atoms with van der Waals surface area (Å²) in [6.07, 6.45) is 3.50. The molecule has 1 amide bonds. The van der Waals surface area contributed by atoms with E-state index >= 15 is 0 Å². The van der Waals surface area contributed by atoms with Crippen LogP contribution >= 0.6 is 0 Å². The molecule has 4 aromatic rings. The normalized spacial score (nSPS) is 15.5. The number of hydrogen-bond donors (Lipinski definition) is 2. The molecule has 9 heteroatoms. The Hall–Kier alpha value is -4.37. The van der Waals surface area contributed by atoms with E-state index in [0.29, 0.717) is 39.4 Å². The number of benzene rings is 3. The summed E-state index contributed by atoms with van der Waals surface area (Å²) in [5.74, 6) is -0.642. The number of rotatable bonds is 7. The molecular formula is C28H25F2N5O2. The lowest BCUT2D eigenvalue weighted by Gasteiger charge is -2.18. The molecule has 0 radical (unpaired) electrons. The Morgan fingerprint density at radius 2 is 2.03 bits per heavy atom. The largest absolute Gasteiger partial charge is 0.487 e. The minimum absolute atomic E-state index is 0.00383. The Morgan fingerprint density at radius 3 is 2.78 bits per heavy atom. The van der Waals surface area contributed by atoms with Crippen LogP contribution in [0.2, 0.25) is 0 Å². The number of fused-ring (bicyclic) bond motifs is 1. The molecule has 7 nitrogen and oxygen atoms in total. The van der Waals surface area contributed by atoms with E-state index in [1.54, 1.807) is 30.3 Å². The van der Waals surface area contributed by atoms with Gasteiger partial charge in [-0.25, -0.2) is 18.7 Å². The van der Waals surface area contributed by atoms with Crippen LogP contribution < -0.4 is 15.4 Å². The molecule has 0 aliphatic carbocycles. The van der Waals surface area contributed by atoms with Crippen molar-refractivity contribution in [1.82, 2.24) is 14.9 Å². The molecule has 1 fully saturated rings. The highest BCUT2D eigenvalue weighted by atomic mass is 19.1. The zero-order valence-electron chi connectivity index (χ0n) is 20.2. The molecule has 2 N–H and O–H groups in total. The first-order valence-corrected chi connectivity index (χ1v) is 11.8. The van der Waals surface area contributed by atoms with Crippen molar-refractivity contribution >= 4 is 34.0 Å². The SMILES string of the molecule is C=CC(=O)Nc1cc2c(Nc3cccc(-c4ccc(F)cc4F)c3)ncnc2cc1OC1CCN(C)C1. The Kier molecular flexibility index (Phi) is 6.78. The van der Waals surface area contributed by atoms with Gasteiger partial charge in [-0.05, 0) is 55.4 Å². The van der Waals surface area contributed by atoms with E-state index in [-0.39, 0.29) is 17.6 Å². The zero-order valence-corrected chi connectivity index (χ0v) is 20.2. The number of nitrogens with zero attached hydrogens (tertiary/aromatic N) is 3. The molecule has 37 heavy (non-hydrogen) atoms. The molecule has 1 aliphatic heterocycles. The number of nitrogens with one attached hydrogen (secondary N) is 2. The van der Waals surface area contributed by atoms with Crippen LogP contribution in [-0.4, -0.2) is 47.0 Å². The Balaban J connectivity index is 1.50. The van der Waals surface area contributed by atoms with Crippen LogP contribution in [0.15, 0.2) is 73.6 Å². The van der Waals surface area contributed by atoms with Gasteiger partial charge in [0, 0.05) is 41.9 Å². The van der Waals surface area contributed by atoms with Crippen LogP contribution in [0.5, 0.6) is 5.75 Å². The average Bonchev–Trinajstić information content (AvgIpc) is 3.29. The number of carbonyl (C=O) groups excluding carboxylic acids is 1. The number of anilines is 3. The van der Waals surface area contributed by atoms with Gasteiger partial charge in [0.25, 0.3) is 0 Å². The average molecular weight is 502 g/mol. The Labute approximate surface area is 212 Å². The number of ether oxygens (including phenoxy) is 1. The highest BCUT2D eigenvalue weighted by Gasteiger charge is 2.23. The van der Waals surface area contributed by atoms with Crippen LogP contribution in [0.25, 0.3) is 22.0 Å². The summed E-state index contributed by atoms with van der Waals surface area (Å²) >= 11 is 0. The lowest BCUT2D eigenvalue weighted by Crippen LogP contribution is -2.22. The summed E-state index contributed by atoms with van der Waals surface area (Å²) in [6.45, 7) is 5.26. The number of halogens is 2. The number of amides is 1. The number of likely N-dealkylation sites (N-methyl/N-ethyl adjacent to an activating group) is 1. The fourth-order valence-corrected chi connectivity index (χ4v) is 4.36. The second kappa shape index (κ2) is 10.3. The van der Waals surface area contributed by atoms with Crippen LogP contribution in [0, 0.1) is 11.6 Å². The molecular weight excluding hydrogens is 476 g/mol. The molecule has 5 rings (SSSR count). The fraction of sp³-hybridized carbons (Fsp3) is 0.179. The number of carbonyl (C=O) groups is 1. The summed E-state index contributed by atoms with van der Waals surface area (Å²) in [5.41, 5.74) is 2.61. The van der Waals surface area contributed by atoms with Crippen molar-refractivity contribution < 1.29 is 18.3 Å². The number of hydrogen-bond acceptors (Lipinski definition) is 6. The minimum atomic E-state index is -0.645. The van der Waals surface area contributed by atoms with Crippen LogP contribution in [-0.2, 0) is 4.79 Å². The molecule has 188 valence electrons. The first-order valence-electron chi connectivity index (χ1n) is 11.8. The van der Waals surface area contributed by atoms with Crippen molar-refractivity contribution in [1.29, 1.82) is 0 Å². The molecule has 1 aliphatic rings. The monoisotopic (exact) mass is 501 g/mol. The minimum Gasteiger partial charge on any atom is -0.487 e. The van der Waals surface area contributed by atoms with Gasteiger partial charge in [-0.15, -0.1) is 0 Å². The van der Waals surface area contributed by atoms with Crippen LogP contribution in [0.1, 0.15) is 6.42 Å². The summed E-state index contributed by atoms with van der Waals surface area (Å²) in [7, 11) is 2.04. The molecule has 1 atom stereocenters. The third-order valence-corrected chi connectivity index (χ3v) is 6.19. The second-order valence-corrected chi connectivity index (χ2v) is 8.90. The fourth-order valence-electron chi connectivity index (χ4n) is 4.36. The van der Waals surface area contributed by atoms with Crippen LogP contribution in [0.3, 0.4) is 0 Å². The highest BCUT2D eigenvalue weighted by molar-refractivity contribution is 6.03. The lowest BCUT2D eigenvalue weighted by atomic mass is 10.0. The van der Waals surface area contributed by atoms with Crippen molar-refractivity contribution in [3.8, 4) is 16.9 Å². The van der Waals surface area contributed by atoms with Crippen molar-refractivity contribution in [3.63, 3.8) is 0 Å². The third-order valence-electron chi connectivity index (χ3n) is 6.19. The van der Waals surface area contributed by atoms with Gasteiger partial charge in [-0.3, -0.25) is 4.79 Å². The van der Waals surface area contributed by atoms with Gasteiger partial charge < -0.3 is 20.3 Å². The maximum atomic E-state index is 14.3. The summed E-state index contributed by atoms with van der Waals surface area (Å²) in [5, 5.41) is 6.72. The molecule has 1 saturated heterocycles. The van der Waals surface area contributed by atoms with E-state index in [1.807, 2.05) is 13.1 Å². The Morgan fingerprint density at radius 1 is 1.16 bits per heavy atom. The standard InChI is InChI=1S/C28H25F2N5O2/c1-3-27(36)34-25-13-22-24(14-26(25)37-20-9-10-35(2)15-20)31-16-32-28(22)33-19-6-4-5-17(11-19)21-8-7-18(29)12-23(21)30/h3-8,11-14,16,20H,1,9-10,15H2,2H3,(H,34,36)(H,31,32,33). The highest BCUT2D eigenvalue weighted by Crippen LogP contribution is 2.35. The van der Waals surface area contributed by atoms with Gasteiger partial charge in [-0.1, -0.05) is 18.7 Å². The van der Waals surface area contributed by atoms with Gasteiger partial charge in [0.1, 0.15) is 35.6 Å². The zero-order chi connectivity index (χ0) is 25.9. The van der Waals surface area contributed by atoms with Gasteiger partial charge in [0.05, 0.1) is 11.2 Å². The Bertz CT molecular complexity index is 1490. The van der Waals surface area contributed by atoms with E-state index in [4.69, 9.17) is 4.74 Å². The van der Waals surface area contributed by atoms with Crippen LogP contribution in [0.4, 0.5) is 26.0 Å². The summed E-state index contributed by atoms with van der Waals surface area (Å²) in [4.78, 5) is 23.1. The first-order chi connectivity index (χ1) is 17.9. The van der Waals surface area contributed by atoms with E-state index in [9.17, 15) is 13.6 Å². The number of likely N-dealkylation sites (tertiary alicyclic amines) is 1. The smallest absolute Gasteiger partial charge is 0.247 e. The van der Waals surface area contributed by atoms with E-state index in [0.717, 1.165) is 25.6 Å². The number of aromatic nitrogens is 2. The molecule has 0 saturated carbocycles. The maximum Gasteiger partial charge on any atom is 0.247 e. The molecule has 0 spiro atoms. The summed E-state index contributed by atoms with van der Waals surface area (Å²) in [6, 6.07) is 14.1. The molecule has 2 heterocycles. The predicted molar refractivity (Wildman–Crippen MR) is 140 cm³/mol. The maximum absolute atomic E-state index is 14.3.